The summed E-state index contributed by atoms with van der Waals surface area (Å²) in [6, 6.07) is 20.5. The highest BCUT2D eigenvalue weighted by atomic mass is 16.5. The van der Waals surface area contributed by atoms with Crippen molar-refractivity contribution in [2.24, 2.45) is 7.05 Å². The minimum Gasteiger partial charge on any atom is -0.496 e. The van der Waals surface area contributed by atoms with Gasteiger partial charge in [0, 0.05) is 40.8 Å². The minimum atomic E-state index is -0.0411. The standard InChI is InChI=1S/C28H25N3O2/c1-17-9-7-13-23-25(17)19(15-29(23)3)16-30-24-14-8-11-20-18(2)27(33-4)21-10-5-6-12-22(21)31(26(20)24)28(30)32/h5-15H,16H2,1-4H3. The van der Waals surface area contributed by atoms with E-state index in [0.29, 0.717) is 6.54 Å². The Kier molecular flexibility index (Phi) is 4.18. The first-order chi connectivity index (χ1) is 16.0. The van der Waals surface area contributed by atoms with Crippen LogP contribution in [-0.2, 0) is 18.3 Å². The Morgan fingerprint density at radius 1 is 0.879 bits per heavy atom. The van der Waals surface area contributed by atoms with E-state index in [4.69, 9.17) is 4.74 Å². The minimum absolute atomic E-state index is 0.0411. The van der Waals surface area contributed by atoms with Crippen molar-refractivity contribution in [1.82, 2.24) is 13.7 Å². The lowest BCUT2D eigenvalue weighted by molar-refractivity contribution is 0.371. The molecule has 3 heterocycles. The van der Waals surface area contributed by atoms with Crippen LogP contribution in [0.1, 0.15) is 29.2 Å². The Morgan fingerprint density at radius 3 is 2.42 bits per heavy atom. The van der Waals surface area contributed by atoms with Crippen LogP contribution in [0.4, 0.5) is 0 Å². The van der Waals surface area contributed by atoms with Crippen molar-refractivity contribution in [2.45, 2.75) is 20.4 Å². The van der Waals surface area contributed by atoms with Gasteiger partial charge in [-0.2, -0.15) is 0 Å². The number of hydrogen-bond donors (Lipinski definition) is 0. The maximum absolute atomic E-state index is 14.0. The molecule has 1 aliphatic rings. The summed E-state index contributed by atoms with van der Waals surface area (Å²) in [5, 5.41) is 1.22. The Labute approximate surface area is 191 Å². The molecule has 33 heavy (non-hydrogen) atoms. The predicted octanol–water partition coefficient (Wildman–Crippen LogP) is 5.49. The molecule has 0 saturated carbocycles. The van der Waals surface area contributed by atoms with E-state index in [2.05, 4.69) is 55.9 Å². The van der Waals surface area contributed by atoms with Gasteiger partial charge in [0.05, 0.1) is 30.4 Å². The van der Waals surface area contributed by atoms with Gasteiger partial charge in [-0.3, -0.25) is 9.13 Å². The van der Waals surface area contributed by atoms with Crippen molar-refractivity contribution < 1.29 is 4.74 Å². The third kappa shape index (κ3) is 2.62. The number of nitrogens with zero attached hydrogens (tertiary/aromatic N) is 3. The molecule has 0 spiro atoms. The molecule has 164 valence electrons. The predicted molar refractivity (Wildman–Crippen MR) is 134 cm³/mol. The van der Waals surface area contributed by atoms with Gasteiger partial charge >= 0.3 is 5.69 Å². The number of aryl methyl sites for hydroxylation is 2. The Morgan fingerprint density at radius 2 is 1.61 bits per heavy atom. The zero-order chi connectivity index (χ0) is 22.9. The Balaban J connectivity index is 1.69. The SMILES string of the molecule is COC1=C(C)c2cccc3c2n(c(=O)n3Cc2cn(C)c3cccc(C)c23)-c2ccccc21. The second kappa shape index (κ2) is 7.01. The third-order valence-electron chi connectivity index (χ3n) is 6.92. The number of hydrogen-bond acceptors (Lipinski definition) is 2. The van der Waals surface area contributed by atoms with Gasteiger partial charge in [0.15, 0.2) is 0 Å². The number of fused-ring (bicyclic) bond motifs is 3. The average molecular weight is 436 g/mol. The van der Waals surface area contributed by atoms with E-state index in [1.165, 1.54) is 16.5 Å². The maximum Gasteiger partial charge on any atom is 0.334 e. The molecule has 5 aromatic rings. The second-order valence-corrected chi connectivity index (χ2v) is 8.79. The van der Waals surface area contributed by atoms with E-state index < -0.39 is 0 Å². The van der Waals surface area contributed by atoms with E-state index in [1.807, 2.05) is 45.5 Å². The molecule has 2 aromatic heterocycles. The van der Waals surface area contributed by atoms with Gasteiger partial charge in [-0.05, 0) is 49.2 Å². The Hall–Kier alpha value is -3.99. The average Bonchev–Trinajstić information content (AvgIpc) is 3.25. The van der Waals surface area contributed by atoms with Crippen LogP contribution in [0.15, 0.2) is 71.7 Å². The first-order valence-electron chi connectivity index (χ1n) is 11.1. The molecule has 0 atom stereocenters. The van der Waals surface area contributed by atoms with Crippen molar-refractivity contribution in [1.29, 1.82) is 0 Å². The first kappa shape index (κ1) is 19.7. The molecule has 0 bridgehead atoms. The smallest absolute Gasteiger partial charge is 0.334 e. The zero-order valence-corrected chi connectivity index (χ0v) is 19.2. The fraction of sp³-hybridized carbons (Fsp3) is 0.179. The number of allylic oxidation sites excluding steroid dienone is 1. The number of rotatable bonds is 3. The largest absolute Gasteiger partial charge is 0.496 e. The molecule has 0 saturated heterocycles. The van der Waals surface area contributed by atoms with Gasteiger partial charge in [0.2, 0.25) is 0 Å². The van der Waals surface area contributed by atoms with Crippen LogP contribution in [0, 0.1) is 6.92 Å². The van der Waals surface area contributed by atoms with Crippen LogP contribution >= 0.6 is 0 Å². The number of imidazole rings is 1. The zero-order valence-electron chi connectivity index (χ0n) is 19.2. The highest BCUT2D eigenvalue weighted by Gasteiger charge is 2.26. The van der Waals surface area contributed by atoms with Crippen molar-refractivity contribution >= 4 is 33.3 Å². The van der Waals surface area contributed by atoms with Crippen LogP contribution in [0.5, 0.6) is 0 Å². The molecular formula is C28H25N3O2. The van der Waals surface area contributed by atoms with Crippen LogP contribution < -0.4 is 5.69 Å². The van der Waals surface area contributed by atoms with Crippen LogP contribution in [0.2, 0.25) is 0 Å². The van der Waals surface area contributed by atoms with Gasteiger partial charge in [0.1, 0.15) is 5.76 Å². The summed E-state index contributed by atoms with van der Waals surface area (Å²) in [7, 11) is 3.75. The molecular weight excluding hydrogens is 410 g/mol. The molecule has 0 fully saturated rings. The molecule has 3 aromatic carbocycles. The lowest BCUT2D eigenvalue weighted by Gasteiger charge is -2.12. The summed E-state index contributed by atoms with van der Waals surface area (Å²) in [4.78, 5) is 14.0. The highest BCUT2D eigenvalue weighted by molar-refractivity contribution is 6.01. The maximum atomic E-state index is 14.0. The lowest BCUT2D eigenvalue weighted by Crippen LogP contribution is -2.24. The number of para-hydroxylation sites is 2. The third-order valence-corrected chi connectivity index (χ3v) is 6.92. The first-order valence-corrected chi connectivity index (χ1v) is 11.1. The summed E-state index contributed by atoms with van der Waals surface area (Å²) < 4.78 is 11.7. The second-order valence-electron chi connectivity index (χ2n) is 8.79. The van der Waals surface area contributed by atoms with Gasteiger partial charge in [0.25, 0.3) is 0 Å². The number of aromatic nitrogens is 3. The van der Waals surface area contributed by atoms with E-state index in [0.717, 1.165) is 44.7 Å². The lowest BCUT2D eigenvalue weighted by atomic mass is 10.0. The molecule has 0 radical (unpaired) electrons. The summed E-state index contributed by atoms with van der Waals surface area (Å²) in [6.07, 6.45) is 2.14. The molecule has 0 aliphatic carbocycles. The number of ether oxygens (including phenoxy) is 1. The number of methoxy groups -OCH3 is 1. The van der Waals surface area contributed by atoms with Crippen LogP contribution in [0.25, 0.3) is 39.0 Å². The molecule has 5 nitrogen and oxygen atoms in total. The van der Waals surface area contributed by atoms with Crippen molar-refractivity contribution in [3.05, 3.63) is 99.6 Å². The monoisotopic (exact) mass is 435 g/mol. The van der Waals surface area contributed by atoms with Crippen LogP contribution in [-0.4, -0.2) is 20.8 Å². The molecule has 5 heteroatoms. The van der Waals surface area contributed by atoms with E-state index >= 15 is 0 Å². The van der Waals surface area contributed by atoms with Gasteiger partial charge in [-0.15, -0.1) is 0 Å². The molecule has 0 amide bonds. The highest BCUT2D eigenvalue weighted by Crippen LogP contribution is 2.38. The topological polar surface area (TPSA) is 41.1 Å². The van der Waals surface area contributed by atoms with Crippen molar-refractivity contribution in [3.8, 4) is 5.69 Å². The van der Waals surface area contributed by atoms with Gasteiger partial charge in [-0.1, -0.05) is 36.4 Å². The van der Waals surface area contributed by atoms with E-state index in [-0.39, 0.29) is 5.69 Å². The summed E-state index contributed by atoms with van der Waals surface area (Å²) >= 11 is 0. The quantitative estimate of drug-likeness (QED) is 0.376. The normalized spacial score (nSPS) is 13.0. The van der Waals surface area contributed by atoms with Crippen molar-refractivity contribution in [2.75, 3.05) is 7.11 Å². The Bertz CT molecular complexity index is 1680. The molecule has 1 aliphatic heterocycles. The molecule has 6 rings (SSSR count). The van der Waals surface area contributed by atoms with E-state index in [9.17, 15) is 4.79 Å². The van der Waals surface area contributed by atoms with Gasteiger partial charge < -0.3 is 9.30 Å². The van der Waals surface area contributed by atoms with E-state index in [1.54, 1.807) is 7.11 Å². The summed E-state index contributed by atoms with van der Waals surface area (Å²) in [5.41, 5.74) is 9.18. The fourth-order valence-electron chi connectivity index (χ4n) is 5.45. The molecule has 0 unspecified atom stereocenters. The number of benzene rings is 3. The summed E-state index contributed by atoms with van der Waals surface area (Å²) in [6.45, 7) is 4.71. The fourth-order valence-corrected chi connectivity index (χ4v) is 5.45. The van der Waals surface area contributed by atoms with Crippen molar-refractivity contribution in [3.63, 3.8) is 0 Å². The van der Waals surface area contributed by atoms with Crippen LogP contribution in [0.3, 0.4) is 0 Å². The summed E-state index contributed by atoms with van der Waals surface area (Å²) in [5.74, 6) is 0.803. The van der Waals surface area contributed by atoms with Gasteiger partial charge in [-0.25, -0.2) is 4.79 Å². The molecule has 0 N–H and O–H groups in total.